The molecule has 1 aromatic heterocycles. The molecule has 0 amide bonds. The van der Waals surface area contributed by atoms with Gasteiger partial charge in [-0.25, -0.2) is 0 Å². The minimum Gasteiger partial charge on any atom is -0.368 e. The molecule has 0 unspecified atom stereocenters. The second-order valence-electron chi connectivity index (χ2n) is 6.03. The highest BCUT2D eigenvalue weighted by atomic mass is 15.2. The number of benzene rings is 1. The fourth-order valence-corrected chi connectivity index (χ4v) is 2.40. The third-order valence-corrected chi connectivity index (χ3v) is 3.77. The highest BCUT2D eigenvalue weighted by Crippen LogP contribution is 2.15. The van der Waals surface area contributed by atoms with Gasteiger partial charge in [-0.15, -0.1) is 0 Å². The Balaban J connectivity index is 1.83. The smallest absolute Gasteiger partial charge is 0.233 e. The van der Waals surface area contributed by atoms with Crippen LogP contribution in [0.2, 0.25) is 0 Å². The number of anilines is 4. The molecular formula is C18H28N6. The number of aromatic nitrogens is 3. The first-order valence-electron chi connectivity index (χ1n) is 8.76. The van der Waals surface area contributed by atoms with Crippen LogP contribution in [0.4, 0.5) is 23.5 Å². The number of hydrogen-bond acceptors (Lipinski definition) is 6. The van der Waals surface area contributed by atoms with Crippen LogP contribution in [-0.4, -0.2) is 21.5 Å². The average molecular weight is 328 g/mol. The number of nitrogens with two attached hydrogens (primary N) is 1. The average Bonchev–Trinajstić information content (AvgIpc) is 2.56. The lowest BCUT2D eigenvalue weighted by Crippen LogP contribution is -2.10. The molecule has 0 aliphatic heterocycles. The van der Waals surface area contributed by atoms with Gasteiger partial charge in [0.2, 0.25) is 17.8 Å². The SMILES string of the molecule is CCCCCCCCNc1nc(N)nc(Nc2ccc(C)cc2)n1. The van der Waals surface area contributed by atoms with Gasteiger partial charge in [-0.1, -0.05) is 56.7 Å². The Bertz CT molecular complexity index is 611. The van der Waals surface area contributed by atoms with Crippen molar-refractivity contribution in [2.45, 2.75) is 52.4 Å². The van der Waals surface area contributed by atoms with E-state index in [0.717, 1.165) is 18.7 Å². The van der Waals surface area contributed by atoms with E-state index in [1.54, 1.807) is 0 Å². The molecule has 6 nitrogen and oxygen atoms in total. The first-order valence-corrected chi connectivity index (χ1v) is 8.76. The molecule has 130 valence electrons. The molecule has 0 spiro atoms. The number of nitrogens with one attached hydrogen (secondary N) is 2. The maximum Gasteiger partial charge on any atom is 0.233 e. The molecule has 0 aliphatic rings. The summed E-state index contributed by atoms with van der Waals surface area (Å²) in [5.74, 6) is 1.19. The summed E-state index contributed by atoms with van der Waals surface area (Å²) in [6, 6.07) is 8.03. The number of aryl methyl sites for hydroxylation is 1. The Morgan fingerprint density at radius 1 is 0.875 bits per heavy atom. The summed E-state index contributed by atoms with van der Waals surface area (Å²) < 4.78 is 0. The highest BCUT2D eigenvalue weighted by molar-refractivity contribution is 5.55. The van der Waals surface area contributed by atoms with E-state index < -0.39 is 0 Å². The second kappa shape index (κ2) is 9.70. The molecule has 2 aromatic rings. The van der Waals surface area contributed by atoms with Crippen LogP contribution in [0.5, 0.6) is 0 Å². The molecule has 0 saturated heterocycles. The molecule has 0 atom stereocenters. The Morgan fingerprint density at radius 3 is 2.29 bits per heavy atom. The van der Waals surface area contributed by atoms with E-state index in [2.05, 4.69) is 39.4 Å². The zero-order chi connectivity index (χ0) is 17.2. The fourth-order valence-electron chi connectivity index (χ4n) is 2.40. The van der Waals surface area contributed by atoms with Crippen molar-refractivity contribution in [1.29, 1.82) is 0 Å². The van der Waals surface area contributed by atoms with Gasteiger partial charge < -0.3 is 16.4 Å². The number of nitrogen functional groups attached to an aromatic ring is 1. The molecule has 0 aliphatic carbocycles. The van der Waals surface area contributed by atoms with Crippen molar-refractivity contribution in [2.75, 3.05) is 22.9 Å². The highest BCUT2D eigenvalue weighted by Gasteiger charge is 2.04. The summed E-state index contributed by atoms with van der Waals surface area (Å²) in [6.07, 6.45) is 7.54. The topological polar surface area (TPSA) is 88.8 Å². The number of unbranched alkanes of at least 4 members (excludes halogenated alkanes) is 5. The van der Waals surface area contributed by atoms with Gasteiger partial charge >= 0.3 is 0 Å². The van der Waals surface area contributed by atoms with Crippen LogP contribution in [0.3, 0.4) is 0 Å². The van der Waals surface area contributed by atoms with Gasteiger partial charge in [0.05, 0.1) is 0 Å². The molecule has 1 aromatic carbocycles. The maximum absolute atomic E-state index is 5.78. The minimum absolute atomic E-state index is 0.213. The van der Waals surface area contributed by atoms with Gasteiger partial charge in [-0.2, -0.15) is 15.0 Å². The minimum atomic E-state index is 0.213. The third kappa shape index (κ3) is 6.40. The zero-order valence-electron chi connectivity index (χ0n) is 14.7. The van der Waals surface area contributed by atoms with Crippen LogP contribution < -0.4 is 16.4 Å². The lowest BCUT2D eigenvalue weighted by molar-refractivity contribution is 0.616. The molecule has 6 heteroatoms. The molecule has 0 fully saturated rings. The van der Waals surface area contributed by atoms with E-state index in [1.165, 1.54) is 37.7 Å². The van der Waals surface area contributed by atoms with E-state index in [1.807, 2.05) is 24.3 Å². The first-order chi connectivity index (χ1) is 11.7. The van der Waals surface area contributed by atoms with Crippen LogP contribution in [0.25, 0.3) is 0 Å². The van der Waals surface area contributed by atoms with Crippen LogP contribution in [0, 0.1) is 6.92 Å². The summed E-state index contributed by atoms with van der Waals surface area (Å²) in [5, 5.41) is 6.38. The summed E-state index contributed by atoms with van der Waals surface area (Å²) in [6.45, 7) is 5.13. The third-order valence-electron chi connectivity index (χ3n) is 3.77. The molecule has 1 heterocycles. The van der Waals surface area contributed by atoms with Gasteiger partial charge in [-0.05, 0) is 25.5 Å². The van der Waals surface area contributed by atoms with Gasteiger partial charge in [0.25, 0.3) is 0 Å². The Hall–Kier alpha value is -2.37. The maximum atomic E-state index is 5.78. The molecule has 0 bridgehead atoms. The Labute approximate surface area is 144 Å². The van der Waals surface area contributed by atoms with E-state index in [0.29, 0.717) is 11.9 Å². The normalized spacial score (nSPS) is 10.6. The molecule has 4 N–H and O–H groups in total. The Morgan fingerprint density at radius 2 is 1.54 bits per heavy atom. The van der Waals surface area contributed by atoms with Crippen molar-refractivity contribution < 1.29 is 0 Å². The molecule has 2 rings (SSSR count). The quantitative estimate of drug-likeness (QED) is 0.564. The standard InChI is InChI=1S/C18H28N6/c1-3-4-5-6-7-8-13-20-17-22-16(19)23-18(24-17)21-15-11-9-14(2)10-12-15/h9-12H,3-8,13H2,1-2H3,(H4,19,20,21,22,23,24). The van der Waals surface area contributed by atoms with Crippen LogP contribution in [-0.2, 0) is 0 Å². The van der Waals surface area contributed by atoms with Crippen LogP contribution >= 0.6 is 0 Å². The zero-order valence-corrected chi connectivity index (χ0v) is 14.7. The number of nitrogens with zero attached hydrogens (tertiary/aromatic N) is 3. The van der Waals surface area contributed by atoms with E-state index in [-0.39, 0.29) is 5.95 Å². The van der Waals surface area contributed by atoms with Crippen LogP contribution in [0.1, 0.15) is 51.0 Å². The Kier molecular flexibility index (Phi) is 7.26. The summed E-state index contributed by atoms with van der Waals surface area (Å²) in [4.78, 5) is 12.6. The van der Waals surface area contributed by atoms with E-state index >= 15 is 0 Å². The van der Waals surface area contributed by atoms with Crippen molar-refractivity contribution in [3.05, 3.63) is 29.8 Å². The molecule has 0 saturated carbocycles. The summed E-state index contributed by atoms with van der Waals surface area (Å²) >= 11 is 0. The van der Waals surface area contributed by atoms with Crippen molar-refractivity contribution >= 4 is 23.5 Å². The van der Waals surface area contributed by atoms with Crippen molar-refractivity contribution in [3.63, 3.8) is 0 Å². The van der Waals surface area contributed by atoms with Gasteiger partial charge in [0, 0.05) is 12.2 Å². The number of hydrogen-bond donors (Lipinski definition) is 3. The van der Waals surface area contributed by atoms with Gasteiger partial charge in [0.15, 0.2) is 0 Å². The first kappa shape index (κ1) is 18.0. The lowest BCUT2D eigenvalue weighted by Gasteiger charge is -2.09. The van der Waals surface area contributed by atoms with Gasteiger partial charge in [0.1, 0.15) is 0 Å². The van der Waals surface area contributed by atoms with Crippen LogP contribution in [0.15, 0.2) is 24.3 Å². The predicted octanol–water partition coefficient (Wildman–Crippen LogP) is 4.28. The van der Waals surface area contributed by atoms with Crippen molar-refractivity contribution in [3.8, 4) is 0 Å². The molecule has 24 heavy (non-hydrogen) atoms. The largest absolute Gasteiger partial charge is 0.368 e. The van der Waals surface area contributed by atoms with E-state index in [4.69, 9.17) is 5.73 Å². The molecular weight excluding hydrogens is 300 g/mol. The van der Waals surface area contributed by atoms with Crippen molar-refractivity contribution in [2.24, 2.45) is 0 Å². The second-order valence-corrected chi connectivity index (χ2v) is 6.03. The summed E-state index contributed by atoms with van der Waals surface area (Å²) in [5.41, 5.74) is 7.91. The summed E-state index contributed by atoms with van der Waals surface area (Å²) in [7, 11) is 0. The predicted molar refractivity (Wildman–Crippen MR) is 101 cm³/mol. The fraction of sp³-hybridized carbons (Fsp3) is 0.500. The van der Waals surface area contributed by atoms with E-state index in [9.17, 15) is 0 Å². The molecule has 0 radical (unpaired) electrons. The monoisotopic (exact) mass is 328 g/mol. The van der Waals surface area contributed by atoms with Gasteiger partial charge in [-0.3, -0.25) is 0 Å². The lowest BCUT2D eigenvalue weighted by atomic mass is 10.1. The van der Waals surface area contributed by atoms with Crippen molar-refractivity contribution in [1.82, 2.24) is 15.0 Å². The number of rotatable bonds is 10.